The first-order valence-electron chi connectivity index (χ1n) is 16.7. The van der Waals surface area contributed by atoms with Crippen molar-refractivity contribution in [1.29, 1.82) is 0 Å². The summed E-state index contributed by atoms with van der Waals surface area (Å²) < 4.78 is 23.5. The van der Waals surface area contributed by atoms with Crippen LogP contribution in [0.3, 0.4) is 0 Å². The number of methoxy groups -OCH3 is 1. The molecule has 0 aliphatic carbocycles. The molecule has 2 atom stereocenters. The van der Waals surface area contributed by atoms with Gasteiger partial charge in [0, 0.05) is 62.5 Å². The number of rotatable bonds is 8. The zero-order valence-corrected chi connectivity index (χ0v) is 29.3. The number of thiazole rings is 1. The minimum atomic E-state index is -0.533. The maximum absolute atomic E-state index is 13.5. The van der Waals surface area contributed by atoms with Gasteiger partial charge in [0.2, 0.25) is 0 Å². The number of carbonyl (C=O) groups is 2. The lowest BCUT2D eigenvalue weighted by Crippen LogP contribution is -2.49. The maximum atomic E-state index is 13.5. The summed E-state index contributed by atoms with van der Waals surface area (Å²) in [5.41, 5.74) is 6.48. The summed E-state index contributed by atoms with van der Waals surface area (Å²) in [6.45, 7) is 13.7. The fourth-order valence-electron chi connectivity index (χ4n) is 7.02. The number of ether oxygens (including phenoxy) is 4. The van der Waals surface area contributed by atoms with Gasteiger partial charge in [0.25, 0.3) is 5.91 Å². The van der Waals surface area contributed by atoms with Crippen LogP contribution < -0.4 is 9.64 Å². The highest BCUT2D eigenvalue weighted by atomic mass is 32.1. The molecule has 1 amide bonds. The van der Waals surface area contributed by atoms with E-state index in [9.17, 15) is 9.59 Å². The molecule has 3 aliphatic rings. The molecule has 0 saturated carbocycles. The van der Waals surface area contributed by atoms with Gasteiger partial charge in [-0.2, -0.15) is 0 Å². The van der Waals surface area contributed by atoms with Crippen molar-refractivity contribution in [3.8, 4) is 17.0 Å². The molecule has 4 heterocycles. The lowest BCUT2D eigenvalue weighted by atomic mass is 9.90. The summed E-state index contributed by atoms with van der Waals surface area (Å²) >= 11 is 1.59. The van der Waals surface area contributed by atoms with Crippen LogP contribution in [0.1, 0.15) is 72.6 Å². The van der Waals surface area contributed by atoms with E-state index in [2.05, 4.69) is 41.2 Å². The molecule has 9 nitrogen and oxygen atoms in total. The predicted molar refractivity (Wildman–Crippen MR) is 183 cm³/mol. The summed E-state index contributed by atoms with van der Waals surface area (Å²) in [4.78, 5) is 35.6. The minimum absolute atomic E-state index is 0.139. The SMILES string of the molecule is CO[C@H]1CN(c2nc(-c3cccc(C)c3OCc3ccc4c(c3C)CCN(C3CCOCC3)C4=O)cs2)CC[C@H]1C(=O)OC(C)(C)C. The number of benzene rings is 2. The Balaban J connectivity index is 1.15. The first kappa shape index (κ1) is 33.4. The Morgan fingerprint density at radius 3 is 2.60 bits per heavy atom. The van der Waals surface area contributed by atoms with E-state index in [-0.39, 0.29) is 29.9 Å². The first-order valence-corrected chi connectivity index (χ1v) is 17.6. The van der Waals surface area contributed by atoms with E-state index in [1.54, 1.807) is 18.4 Å². The van der Waals surface area contributed by atoms with Crippen molar-refractivity contribution in [2.45, 2.75) is 84.7 Å². The van der Waals surface area contributed by atoms with Crippen LogP contribution in [-0.4, -0.2) is 79.5 Å². The number of aryl methyl sites for hydroxylation is 1. The van der Waals surface area contributed by atoms with Gasteiger partial charge in [0.15, 0.2) is 5.13 Å². The molecular formula is C37H47N3O6S. The minimum Gasteiger partial charge on any atom is -0.488 e. The largest absolute Gasteiger partial charge is 0.488 e. The Labute approximate surface area is 282 Å². The summed E-state index contributed by atoms with van der Waals surface area (Å²) in [6, 6.07) is 10.4. The Kier molecular flexibility index (Phi) is 9.92. The van der Waals surface area contributed by atoms with Crippen molar-refractivity contribution in [3.05, 3.63) is 63.5 Å². The summed E-state index contributed by atoms with van der Waals surface area (Å²) in [5, 5.41) is 2.96. The normalized spacial score (nSPS) is 20.7. The van der Waals surface area contributed by atoms with E-state index >= 15 is 0 Å². The molecule has 2 saturated heterocycles. The van der Waals surface area contributed by atoms with Crippen molar-refractivity contribution >= 4 is 28.3 Å². The van der Waals surface area contributed by atoms with Crippen molar-refractivity contribution in [2.24, 2.45) is 5.92 Å². The topological polar surface area (TPSA) is 90.4 Å². The molecule has 47 heavy (non-hydrogen) atoms. The van der Waals surface area contributed by atoms with E-state index in [4.69, 9.17) is 23.9 Å². The molecule has 2 aromatic carbocycles. The average molecular weight is 662 g/mol. The van der Waals surface area contributed by atoms with Gasteiger partial charge in [0.05, 0.1) is 17.7 Å². The number of para-hydroxylation sites is 1. The maximum Gasteiger partial charge on any atom is 0.312 e. The molecule has 10 heteroatoms. The van der Waals surface area contributed by atoms with Crippen molar-refractivity contribution < 1.29 is 28.5 Å². The number of hydrogen-bond donors (Lipinski definition) is 0. The molecule has 0 spiro atoms. The van der Waals surface area contributed by atoms with Gasteiger partial charge in [-0.1, -0.05) is 18.2 Å². The highest BCUT2D eigenvalue weighted by molar-refractivity contribution is 7.14. The summed E-state index contributed by atoms with van der Waals surface area (Å²) in [5.74, 6) is 0.438. The van der Waals surface area contributed by atoms with E-state index in [1.165, 1.54) is 0 Å². The number of carbonyl (C=O) groups excluding carboxylic acids is 2. The van der Waals surface area contributed by atoms with Crippen LogP contribution in [-0.2, 0) is 32.0 Å². The quantitative estimate of drug-likeness (QED) is 0.258. The molecule has 3 aliphatic heterocycles. The Morgan fingerprint density at radius 1 is 1.06 bits per heavy atom. The van der Waals surface area contributed by atoms with Crippen molar-refractivity contribution in [3.63, 3.8) is 0 Å². The summed E-state index contributed by atoms with van der Waals surface area (Å²) in [6.07, 6.45) is 3.04. The first-order chi connectivity index (χ1) is 22.5. The number of fused-ring (bicyclic) bond motifs is 1. The van der Waals surface area contributed by atoms with Gasteiger partial charge in [0.1, 0.15) is 18.0 Å². The second kappa shape index (κ2) is 13.9. The molecule has 6 rings (SSSR count). The number of esters is 1. The zero-order valence-electron chi connectivity index (χ0n) is 28.5. The number of piperidine rings is 1. The Bertz CT molecular complexity index is 1610. The zero-order chi connectivity index (χ0) is 33.3. The number of aromatic nitrogens is 1. The van der Waals surface area contributed by atoms with Crippen LogP contribution in [0.25, 0.3) is 11.3 Å². The number of amides is 1. The van der Waals surface area contributed by atoms with Gasteiger partial charge in [-0.05, 0) is 94.7 Å². The average Bonchev–Trinajstić information content (AvgIpc) is 3.55. The number of hydrogen-bond acceptors (Lipinski definition) is 9. The molecule has 1 aromatic heterocycles. The van der Waals surface area contributed by atoms with Gasteiger partial charge in [-0.3, -0.25) is 9.59 Å². The summed E-state index contributed by atoms with van der Waals surface area (Å²) in [7, 11) is 1.65. The van der Waals surface area contributed by atoms with E-state index < -0.39 is 5.60 Å². The number of anilines is 1. The highest BCUT2D eigenvalue weighted by Gasteiger charge is 2.38. The van der Waals surface area contributed by atoms with E-state index in [0.717, 1.165) is 89.0 Å². The van der Waals surface area contributed by atoms with Gasteiger partial charge in [-0.15, -0.1) is 11.3 Å². The number of nitrogens with zero attached hydrogens (tertiary/aromatic N) is 3. The van der Waals surface area contributed by atoms with Crippen molar-refractivity contribution in [2.75, 3.05) is 44.9 Å². The van der Waals surface area contributed by atoms with Crippen LogP contribution in [0, 0.1) is 19.8 Å². The second-order valence-corrected chi connectivity index (χ2v) is 14.7. The molecular weight excluding hydrogens is 614 g/mol. The van der Waals surface area contributed by atoms with Gasteiger partial charge >= 0.3 is 5.97 Å². The fraction of sp³-hybridized carbons (Fsp3) is 0.541. The fourth-order valence-corrected chi connectivity index (χ4v) is 7.89. The molecule has 3 aromatic rings. The molecule has 0 radical (unpaired) electrons. The third-order valence-corrected chi connectivity index (χ3v) is 10.5. The van der Waals surface area contributed by atoms with E-state index in [0.29, 0.717) is 26.1 Å². The molecule has 0 bridgehead atoms. The van der Waals surface area contributed by atoms with Crippen LogP contribution in [0.15, 0.2) is 35.7 Å². The Hall–Kier alpha value is -3.47. The van der Waals surface area contributed by atoms with Crippen LogP contribution in [0.4, 0.5) is 5.13 Å². The van der Waals surface area contributed by atoms with Crippen molar-refractivity contribution in [1.82, 2.24) is 9.88 Å². The molecule has 0 N–H and O–H groups in total. The monoisotopic (exact) mass is 661 g/mol. The third-order valence-electron chi connectivity index (χ3n) is 9.63. The van der Waals surface area contributed by atoms with Gasteiger partial charge in [-0.25, -0.2) is 4.98 Å². The van der Waals surface area contributed by atoms with Crippen LogP contribution in [0.5, 0.6) is 5.75 Å². The standard InChI is InChI=1S/C37H47N3O6S/c1-23-8-7-9-29(31-22-47-36(38-31)39-16-12-30(32(20-39)43-6)35(42)46-37(3,4)5)33(23)45-21-25-10-11-28-27(24(25)2)13-17-40(34(28)41)26-14-18-44-19-15-26/h7-11,22,26,30,32H,12-21H2,1-6H3/t30-,32+/m1/s1. The molecule has 2 fully saturated rings. The second-order valence-electron chi connectivity index (χ2n) is 13.9. The van der Waals surface area contributed by atoms with E-state index in [1.807, 2.05) is 39.0 Å². The highest BCUT2D eigenvalue weighted by Crippen LogP contribution is 2.38. The molecule has 0 unspecified atom stereocenters. The smallest absolute Gasteiger partial charge is 0.312 e. The Morgan fingerprint density at radius 2 is 1.85 bits per heavy atom. The molecule has 252 valence electrons. The predicted octanol–water partition coefficient (Wildman–Crippen LogP) is 6.37. The lowest BCUT2D eigenvalue weighted by Gasteiger charge is -2.38. The lowest BCUT2D eigenvalue weighted by molar-refractivity contribution is -0.165. The van der Waals surface area contributed by atoms with Gasteiger partial charge < -0.3 is 28.7 Å². The third kappa shape index (κ3) is 7.20. The van der Waals surface area contributed by atoms with Crippen LogP contribution >= 0.6 is 11.3 Å². The van der Waals surface area contributed by atoms with Crippen LogP contribution in [0.2, 0.25) is 0 Å².